The Morgan fingerprint density at radius 1 is 1.44 bits per heavy atom. The van der Waals surface area contributed by atoms with Crippen molar-refractivity contribution in [1.82, 2.24) is 10.6 Å². The average Bonchev–Trinajstić information content (AvgIpc) is 2.24. The van der Waals surface area contributed by atoms with Crippen LogP contribution in [0.5, 0.6) is 0 Å². The molecule has 2 atom stereocenters. The van der Waals surface area contributed by atoms with Crippen LogP contribution in [0.2, 0.25) is 0 Å². The Hall–Kier alpha value is -0.460. The number of hydrogen-bond donors (Lipinski definition) is 2. The lowest BCUT2D eigenvalue weighted by molar-refractivity contribution is -0.120. The third kappa shape index (κ3) is 8.82. The van der Waals surface area contributed by atoms with Gasteiger partial charge in [0.15, 0.2) is 0 Å². The van der Waals surface area contributed by atoms with Crippen molar-refractivity contribution in [3.05, 3.63) is 0 Å². The maximum atomic E-state index is 11.2. The summed E-state index contributed by atoms with van der Waals surface area (Å²) in [5.41, 5.74) is 0. The minimum absolute atomic E-state index is 0.0395. The summed E-state index contributed by atoms with van der Waals surface area (Å²) in [5.74, 6) is -0.0395. The van der Waals surface area contributed by atoms with E-state index in [2.05, 4.69) is 10.6 Å². The lowest BCUT2D eigenvalue weighted by Crippen LogP contribution is -2.36. The van der Waals surface area contributed by atoms with E-state index in [1.54, 1.807) is 13.4 Å². The van der Waals surface area contributed by atoms with Crippen LogP contribution in [0.4, 0.5) is 0 Å². The van der Waals surface area contributed by atoms with Crippen LogP contribution in [0.3, 0.4) is 0 Å². The monoisotopic (exact) mass is 250 g/mol. The Kier molecular flexibility index (Phi) is 9.46. The van der Waals surface area contributed by atoms with E-state index in [0.29, 0.717) is 26.2 Å². The van der Waals surface area contributed by atoms with Gasteiger partial charge >= 0.3 is 0 Å². The molecule has 0 saturated heterocycles. The molecule has 5 nitrogen and oxygen atoms in total. The minimum Gasteiger partial charge on any atom is -0.383 e. The maximum absolute atomic E-state index is 11.2. The van der Waals surface area contributed by atoms with Gasteiger partial charge in [-0.05, 0) is 13.0 Å². The van der Waals surface area contributed by atoms with E-state index in [-0.39, 0.29) is 11.2 Å². The predicted molar refractivity (Wildman–Crippen MR) is 65.9 cm³/mol. The summed E-state index contributed by atoms with van der Waals surface area (Å²) in [6.07, 6.45) is 2.51. The molecule has 16 heavy (non-hydrogen) atoms. The molecule has 0 aromatic carbocycles. The third-order valence-corrected chi connectivity index (χ3v) is 3.58. The van der Waals surface area contributed by atoms with Gasteiger partial charge in [0.25, 0.3) is 0 Å². The van der Waals surface area contributed by atoms with Crippen molar-refractivity contribution in [2.45, 2.75) is 18.6 Å². The fourth-order valence-electron chi connectivity index (χ4n) is 1.03. The molecule has 0 radical (unpaired) electrons. The molecule has 96 valence electrons. The zero-order chi connectivity index (χ0) is 12.4. The topological polar surface area (TPSA) is 67.4 Å². The smallest absolute Gasteiger partial charge is 0.234 e. The van der Waals surface area contributed by atoms with E-state index in [1.165, 1.54) is 0 Å². The van der Waals surface area contributed by atoms with Crippen LogP contribution < -0.4 is 10.6 Å². The SMILES string of the molecule is COCCNC(=O)CNCCC(C)S(C)=O. The molecule has 0 aromatic rings. The van der Waals surface area contributed by atoms with E-state index in [1.807, 2.05) is 6.92 Å². The van der Waals surface area contributed by atoms with Gasteiger partial charge in [0.1, 0.15) is 0 Å². The fraction of sp³-hybridized carbons (Fsp3) is 0.900. The van der Waals surface area contributed by atoms with Gasteiger partial charge in [-0.15, -0.1) is 0 Å². The van der Waals surface area contributed by atoms with Gasteiger partial charge in [0.2, 0.25) is 5.91 Å². The van der Waals surface area contributed by atoms with Crippen LogP contribution in [-0.2, 0) is 20.3 Å². The molecule has 0 aliphatic heterocycles. The van der Waals surface area contributed by atoms with Crippen LogP contribution in [0, 0.1) is 0 Å². The largest absolute Gasteiger partial charge is 0.383 e. The van der Waals surface area contributed by atoms with E-state index < -0.39 is 10.8 Å². The Morgan fingerprint density at radius 3 is 2.69 bits per heavy atom. The number of rotatable bonds is 9. The third-order valence-electron chi connectivity index (χ3n) is 2.21. The number of hydrogen-bond acceptors (Lipinski definition) is 4. The lowest BCUT2D eigenvalue weighted by Gasteiger charge is -2.09. The van der Waals surface area contributed by atoms with Gasteiger partial charge in [0, 0.05) is 36.0 Å². The van der Waals surface area contributed by atoms with Crippen LogP contribution in [0.15, 0.2) is 0 Å². The zero-order valence-corrected chi connectivity index (χ0v) is 11.1. The summed E-state index contributed by atoms with van der Waals surface area (Å²) in [4.78, 5) is 11.2. The lowest BCUT2D eigenvalue weighted by atomic mass is 10.3. The van der Waals surface area contributed by atoms with Crippen molar-refractivity contribution in [3.8, 4) is 0 Å². The molecular weight excluding hydrogens is 228 g/mol. The molecule has 1 amide bonds. The molecule has 0 aromatic heterocycles. The molecule has 2 unspecified atom stereocenters. The second-order valence-electron chi connectivity index (χ2n) is 3.62. The molecule has 0 fully saturated rings. The Balaban J connectivity index is 3.37. The number of methoxy groups -OCH3 is 1. The van der Waals surface area contributed by atoms with Crippen molar-refractivity contribution >= 4 is 16.7 Å². The summed E-state index contributed by atoms with van der Waals surface area (Å²) in [7, 11) is 0.806. The van der Waals surface area contributed by atoms with E-state index >= 15 is 0 Å². The second kappa shape index (κ2) is 9.74. The van der Waals surface area contributed by atoms with Gasteiger partial charge in [-0.25, -0.2) is 0 Å². The van der Waals surface area contributed by atoms with Crippen molar-refractivity contribution in [1.29, 1.82) is 0 Å². The standard InChI is InChI=1S/C10H22N2O3S/c1-9(16(3)14)4-5-11-8-10(13)12-6-7-15-2/h9,11H,4-8H2,1-3H3,(H,12,13). The molecule has 2 N–H and O–H groups in total. The highest BCUT2D eigenvalue weighted by atomic mass is 32.2. The summed E-state index contributed by atoms with van der Waals surface area (Å²) < 4.78 is 15.8. The molecule has 0 bridgehead atoms. The van der Waals surface area contributed by atoms with E-state index in [4.69, 9.17) is 4.74 Å². The van der Waals surface area contributed by atoms with Crippen molar-refractivity contribution < 1.29 is 13.7 Å². The fourth-order valence-corrected chi connectivity index (χ4v) is 1.48. The first-order chi connectivity index (χ1) is 7.57. The van der Waals surface area contributed by atoms with Crippen LogP contribution >= 0.6 is 0 Å². The minimum atomic E-state index is -0.788. The molecule has 0 aliphatic rings. The Labute approximate surface area is 99.8 Å². The van der Waals surface area contributed by atoms with Crippen LogP contribution in [0.25, 0.3) is 0 Å². The highest BCUT2D eigenvalue weighted by molar-refractivity contribution is 7.84. The first-order valence-electron chi connectivity index (χ1n) is 5.36. The number of amides is 1. The number of ether oxygens (including phenoxy) is 1. The predicted octanol–water partition coefficient (Wildman–Crippen LogP) is -0.504. The normalized spacial score (nSPS) is 14.4. The van der Waals surface area contributed by atoms with Crippen molar-refractivity contribution in [3.63, 3.8) is 0 Å². The first kappa shape index (κ1) is 15.5. The van der Waals surface area contributed by atoms with Gasteiger partial charge in [-0.1, -0.05) is 6.92 Å². The van der Waals surface area contributed by atoms with Crippen molar-refractivity contribution in [2.24, 2.45) is 0 Å². The van der Waals surface area contributed by atoms with Gasteiger partial charge in [0.05, 0.1) is 13.2 Å². The van der Waals surface area contributed by atoms with Crippen LogP contribution in [0.1, 0.15) is 13.3 Å². The first-order valence-corrected chi connectivity index (χ1v) is 6.98. The number of nitrogens with one attached hydrogen (secondary N) is 2. The zero-order valence-electron chi connectivity index (χ0n) is 10.2. The highest BCUT2D eigenvalue weighted by Crippen LogP contribution is 1.96. The second-order valence-corrected chi connectivity index (χ2v) is 5.42. The number of carbonyl (C=O) groups excluding carboxylic acids is 1. The van der Waals surface area contributed by atoms with Gasteiger partial charge in [-0.2, -0.15) is 0 Å². The van der Waals surface area contributed by atoms with Crippen molar-refractivity contribution in [2.75, 3.05) is 39.6 Å². The van der Waals surface area contributed by atoms with E-state index in [0.717, 1.165) is 6.42 Å². The summed E-state index contributed by atoms with van der Waals surface area (Å²) in [5, 5.41) is 5.89. The molecule has 0 spiro atoms. The van der Waals surface area contributed by atoms with Crippen LogP contribution in [-0.4, -0.2) is 55.0 Å². The molecule has 0 heterocycles. The summed E-state index contributed by atoms with van der Waals surface area (Å²) in [6, 6.07) is 0. The molecule has 0 saturated carbocycles. The molecule has 0 rings (SSSR count). The molecular formula is C10H22N2O3S. The summed E-state index contributed by atoms with van der Waals surface area (Å²) >= 11 is 0. The molecule has 6 heteroatoms. The van der Waals surface area contributed by atoms with E-state index in [9.17, 15) is 9.00 Å². The number of carbonyl (C=O) groups is 1. The van der Waals surface area contributed by atoms with Gasteiger partial charge in [-0.3, -0.25) is 9.00 Å². The quantitative estimate of drug-likeness (QED) is 0.541. The summed E-state index contributed by atoms with van der Waals surface area (Å²) in [6.45, 7) is 4.01. The maximum Gasteiger partial charge on any atom is 0.234 e. The Morgan fingerprint density at radius 2 is 2.12 bits per heavy atom. The Bertz CT molecular complexity index is 224. The highest BCUT2D eigenvalue weighted by Gasteiger charge is 2.05. The van der Waals surface area contributed by atoms with Gasteiger partial charge < -0.3 is 15.4 Å². The molecule has 0 aliphatic carbocycles. The average molecular weight is 250 g/mol.